The van der Waals surface area contributed by atoms with Crippen LogP contribution < -0.4 is 5.32 Å². The summed E-state index contributed by atoms with van der Waals surface area (Å²) in [5, 5.41) is 3.89. The highest BCUT2D eigenvalue weighted by atomic mass is 35.5. The molecule has 0 unspecified atom stereocenters. The van der Waals surface area contributed by atoms with Gasteiger partial charge in [-0.2, -0.15) is 0 Å². The molecule has 1 aliphatic carbocycles. The number of nitrogens with one attached hydrogen (secondary N) is 1. The minimum Gasteiger partial charge on any atom is -0.381 e. The summed E-state index contributed by atoms with van der Waals surface area (Å²) in [4.78, 5) is 0. The Morgan fingerprint density at radius 2 is 1.81 bits per heavy atom. The minimum atomic E-state index is -0.281. The first-order valence-electron chi connectivity index (χ1n) is 5.97. The summed E-state index contributed by atoms with van der Waals surface area (Å²) >= 11 is 5.99. The number of halogens is 2. The second-order valence-electron chi connectivity index (χ2n) is 4.46. The fourth-order valence-electron chi connectivity index (χ4n) is 2.25. The van der Waals surface area contributed by atoms with E-state index in [0.717, 1.165) is 5.69 Å². The van der Waals surface area contributed by atoms with E-state index in [1.54, 1.807) is 6.07 Å². The fourth-order valence-corrected chi connectivity index (χ4v) is 2.47. The lowest BCUT2D eigenvalue weighted by molar-refractivity contribution is 0.616. The monoisotopic (exact) mass is 241 g/mol. The smallest absolute Gasteiger partial charge is 0.124 e. The third-order valence-electron chi connectivity index (χ3n) is 3.15. The average molecular weight is 242 g/mol. The van der Waals surface area contributed by atoms with E-state index in [2.05, 4.69) is 5.32 Å². The fraction of sp³-hybridized carbons (Fsp3) is 0.538. The summed E-state index contributed by atoms with van der Waals surface area (Å²) in [6, 6.07) is 5.03. The Labute approximate surface area is 101 Å². The van der Waals surface area contributed by atoms with E-state index < -0.39 is 0 Å². The molecule has 0 bridgehead atoms. The van der Waals surface area contributed by atoms with Gasteiger partial charge in [0.25, 0.3) is 0 Å². The van der Waals surface area contributed by atoms with Crippen molar-refractivity contribution in [2.75, 3.05) is 5.32 Å². The van der Waals surface area contributed by atoms with Gasteiger partial charge >= 0.3 is 0 Å². The first kappa shape index (κ1) is 11.7. The quantitative estimate of drug-likeness (QED) is 0.746. The maximum Gasteiger partial charge on any atom is 0.124 e. The van der Waals surface area contributed by atoms with E-state index >= 15 is 0 Å². The molecule has 1 N–H and O–H groups in total. The van der Waals surface area contributed by atoms with Crippen LogP contribution in [0, 0.1) is 5.82 Å². The predicted octanol–water partition coefficient (Wildman–Crippen LogP) is 4.61. The summed E-state index contributed by atoms with van der Waals surface area (Å²) in [5.41, 5.74) is 0.856. The van der Waals surface area contributed by atoms with Crippen LogP contribution in [0.25, 0.3) is 0 Å². The molecule has 2 rings (SSSR count). The van der Waals surface area contributed by atoms with Crippen LogP contribution >= 0.6 is 11.6 Å². The summed E-state index contributed by atoms with van der Waals surface area (Å²) in [6.07, 6.45) is 7.58. The van der Waals surface area contributed by atoms with Crippen LogP contribution in [0.4, 0.5) is 10.1 Å². The van der Waals surface area contributed by atoms with Crippen LogP contribution in [0.5, 0.6) is 0 Å². The Kier molecular flexibility index (Phi) is 4.05. The third-order valence-corrected chi connectivity index (χ3v) is 3.46. The molecule has 88 valence electrons. The van der Waals surface area contributed by atoms with Crippen molar-refractivity contribution >= 4 is 17.3 Å². The average Bonchev–Trinajstić information content (AvgIpc) is 2.51. The molecule has 0 saturated heterocycles. The predicted molar refractivity (Wildman–Crippen MR) is 66.5 cm³/mol. The van der Waals surface area contributed by atoms with Gasteiger partial charge in [0.1, 0.15) is 5.82 Å². The molecule has 1 saturated carbocycles. The SMILES string of the molecule is Fc1ccc(NC2CCCCCC2)c(Cl)c1. The van der Waals surface area contributed by atoms with Crippen LogP contribution in [0.2, 0.25) is 5.02 Å². The van der Waals surface area contributed by atoms with Crippen molar-refractivity contribution in [3.8, 4) is 0 Å². The molecule has 0 aliphatic heterocycles. The van der Waals surface area contributed by atoms with E-state index in [-0.39, 0.29) is 5.82 Å². The lowest BCUT2D eigenvalue weighted by Gasteiger charge is -2.18. The van der Waals surface area contributed by atoms with Crippen LogP contribution in [0.1, 0.15) is 38.5 Å². The van der Waals surface area contributed by atoms with E-state index in [4.69, 9.17) is 11.6 Å². The molecular weight excluding hydrogens is 225 g/mol. The standard InChI is InChI=1S/C13H17ClFN/c14-12-9-10(15)7-8-13(12)16-11-5-3-1-2-4-6-11/h7-9,11,16H,1-6H2. The molecule has 0 heterocycles. The third kappa shape index (κ3) is 3.11. The molecule has 1 aromatic rings. The van der Waals surface area contributed by atoms with Gasteiger partial charge in [-0.1, -0.05) is 37.3 Å². The second kappa shape index (κ2) is 5.53. The molecule has 0 spiro atoms. The van der Waals surface area contributed by atoms with E-state index in [9.17, 15) is 4.39 Å². The Hall–Kier alpha value is -0.760. The topological polar surface area (TPSA) is 12.0 Å². The molecule has 0 atom stereocenters. The van der Waals surface area contributed by atoms with Crippen molar-refractivity contribution in [3.63, 3.8) is 0 Å². The molecule has 1 aliphatic rings. The molecule has 1 fully saturated rings. The minimum absolute atomic E-state index is 0.281. The molecule has 3 heteroatoms. The van der Waals surface area contributed by atoms with Gasteiger partial charge in [-0.25, -0.2) is 4.39 Å². The summed E-state index contributed by atoms with van der Waals surface area (Å²) < 4.78 is 12.9. The van der Waals surface area contributed by atoms with E-state index in [1.807, 2.05) is 0 Å². The molecule has 16 heavy (non-hydrogen) atoms. The highest BCUT2D eigenvalue weighted by molar-refractivity contribution is 6.33. The Balaban J connectivity index is 2.01. The van der Waals surface area contributed by atoms with Crippen molar-refractivity contribution in [1.29, 1.82) is 0 Å². The van der Waals surface area contributed by atoms with Crippen LogP contribution in [0.3, 0.4) is 0 Å². The number of benzene rings is 1. The van der Waals surface area contributed by atoms with Crippen LogP contribution in [0.15, 0.2) is 18.2 Å². The van der Waals surface area contributed by atoms with Gasteiger partial charge in [-0.15, -0.1) is 0 Å². The Bertz CT molecular complexity index is 346. The molecule has 0 amide bonds. The van der Waals surface area contributed by atoms with Crippen molar-refractivity contribution in [3.05, 3.63) is 29.0 Å². The summed E-state index contributed by atoms with van der Waals surface area (Å²) in [6.45, 7) is 0. The maximum absolute atomic E-state index is 12.9. The lowest BCUT2D eigenvalue weighted by atomic mass is 10.1. The van der Waals surface area contributed by atoms with E-state index in [0.29, 0.717) is 11.1 Å². The van der Waals surface area contributed by atoms with Gasteiger partial charge in [0.15, 0.2) is 0 Å². The zero-order valence-corrected chi connectivity index (χ0v) is 10.1. The number of hydrogen-bond acceptors (Lipinski definition) is 1. The number of anilines is 1. The van der Waals surface area contributed by atoms with Gasteiger partial charge < -0.3 is 5.32 Å². The van der Waals surface area contributed by atoms with E-state index in [1.165, 1.54) is 50.7 Å². The second-order valence-corrected chi connectivity index (χ2v) is 4.86. The van der Waals surface area contributed by atoms with Gasteiger partial charge in [0.05, 0.1) is 10.7 Å². The van der Waals surface area contributed by atoms with Crippen molar-refractivity contribution in [1.82, 2.24) is 0 Å². The first-order valence-corrected chi connectivity index (χ1v) is 6.35. The van der Waals surface area contributed by atoms with Crippen molar-refractivity contribution in [2.24, 2.45) is 0 Å². The zero-order chi connectivity index (χ0) is 11.4. The van der Waals surface area contributed by atoms with Crippen molar-refractivity contribution in [2.45, 2.75) is 44.6 Å². The normalized spacial score (nSPS) is 18.1. The van der Waals surface area contributed by atoms with Gasteiger partial charge in [0.2, 0.25) is 0 Å². The zero-order valence-electron chi connectivity index (χ0n) is 9.31. The Morgan fingerprint density at radius 1 is 1.12 bits per heavy atom. The van der Waals surface area contributed by atoms with Crippen molar-refractivity contribution < 1.29 is 4.39 Å². The summed E-state index contributed by atoms with van der Waals surface area (Å²) in [7, 11) is 0. The van der Waals surface area contributed by atoms with Gasteiger partial charge in [0, 0.05) is 6.04 Å². The maximum atomic E-state index is 12.9. The molecular formula is C13H17ClFN. The molecule has 1 nitrogen and oxygen atoms in total. The highest BCUT2D eigenvalue weighted by Gasteiger charge is 2.13. The number of hydrogen-bond donors (Lipinski definition) is 1. The van der Waals surface area contributed by atoms with Crippen LogP contribution in [-0.4, -0.2) is 6.04 Å². The first-order chi connectivity index (χ1) is 7.75. The number of rotatable bonds is 2. The lowest BCUT2D eigenvalue weighted by Crippen LogP contribution is -2.18. The molecule has 0 aromatic heterocycles. The Morgan fingerprint density at radius 3 is 2.44 bits per heavy atom. The highest BCUT2D eigenvalue weighted by Crippen LogP contribution is 2.26. The van der Waals surface area contributed by atoms with Gasteiger partial charge in [-0.05, 0) is 31.0 Å². The molecule has 1 aromatic carbocycles. The molecule has 0 radical (unpaired) electrons. The largest absolute Gasteiger partial charge is 0.381 e. The van der Waals surface area contributed by atoms with Crippen LogP contribution in [-0.2, 0) is 0 Å². The summed E-state index contributed by atoms with van der Waals surface area (Å²) in [5.74, 6) is -0.281. The van der Waals surface area contributed by atoms with Gasteiger partial charge in [-0.3, -0.25) is 0 Å².